The molecule has 3 nitrogen and oxygen atoms in total. The smallest absolute Gasteiger partial charge is 0.195 e. The van der Waals surface area contributed by atoms with E-state index in [4.69, 9.17) is 0 Å². The Morgan fingerprint density at radius 3 is 2.40 bits per heavy atom. The van der Waals surface area contributed by atoms with Gasteiger partial charge >= 0.3 is 0 Å². The van der Waals surface area contributed by atoms with Crippen molar-refractivity contribution in [1.29, 1.82) is 0 Å². The molecule has 106 valence electrons. The first-order chi connectivity index (χ1) is 9.32. The predicted octanol–water partition coefficient (Wildman–Crippen LogP) is 2.88. The summed E-state index contributed by atoms with van der Waals surface area (Å²) in [6.07, 6.45) is -0.104. The fraction of sp³-hybridized carbons (Fsp3) is 0.286. The number of hydrogen-bond donors (Lipinski definition) is 0. The molecule has 0 unspecified atom stereocenters. The normalized spacial score (nSPS) is 10.9. The molecule has 0 saturated heterocycles. The van der Waals surface area contributed by atoms with E-state index >= 15 is 0 Å². The maximum Gasteiger partial charge on any atom is 0.195 e. The Morgan fingerprint density at radius 1 is 1.20 bits per heavy atom. The van der Waals surface area contributed by atoms with Crippen LogP contribution in [0.4, 0.5) is 13.2 Å². The SMILES string of the molecule is Cc1nn(C)c(C)c1CC(=O)c1ccc(F)c(F)c1F. The van der Waals surface area contributed by atoms with Gasteiger partial charge in [-0.25, -0.2) is 13.2 Å². The van der Waals surface area contributed by atoms with E-state index in [1.807, 2.05) is 0 Å². The summed E-state index contributed by atoms with van der Waals surface area (Å²) in [5, 5.41) is 4.15. The van der Waals surface area contributed by atoms with Gasteiger partial charge in [-0.1, -0.05) is 0 Å². The lowest BCUT2D eigenvalue weighted by atomic mass is 10.0. The molecular weight excluding hydrogens is 269 g/mol. The molecule has 2 rings (SSSR count). The monoisotopic (exact) mass is 282 g/mol. The van der Waals surface area contributed by atoms with Gasteiger partial charge in [-0.05, 0) is 26.0 Å². The molecule has 0 fully saturated rings. The van der Waals surface area contributed by atoms with Gasteiger partial charge in [-0.15, -0.1) is 0 Å². The van der Waals surface area contributed by atoms with Crippen LogP contribution in [-0.2, 0) is 13.5 Å². The van der Waals surface area contributed by atoms with Gasteiger partial charge in [-0.3, -0.25) is 9.48 Å². The number of Topliss-reactive ketones (excluding diaryl/α,β-unsaturated/α-hetero) is 1. The summed E-state index contributed by atoms with van der Waals surface area (Å²) in [5.74, 6) is -5.00. The van der Waals surface area contributed by atoms with Crippen molar-refractivity contribution in [1.82, 2.24) is 9.78 Å². The number of halogens is 3. The summed E-state index contributed by atoms with van der Waals surface area (Å²) < 4.78 is 41.2. The van der Waals surface area contributed by atoms with Crippen molar-refractivity contribution in [2.75, 3.05) is 0 Å². The highest BCUT2D eigenvalue weighted by Crippen LogP contribution is 2.19. The zero-order valence-corrected chi connectivity index (χ0v) is 11.3. The molecule has 2 aromatic rings. The number of aromatic nitrogens is 2. The number of benzene rings is 1. The molecule has 0 aliphatic heterocycles. The molecule has 1 aromatic carbocycles. The van der Waals surface area contributed by atoms with Crippen molar-refractivity contribution < 1.29 is 18.0 Å². The zero-order chi connectivity index (χ0) is 15.0. The summed E-state index contributed by atoms with van der Waals surface area (Å²) in [6.45, 7) is 3.52. The fourth-order valence-electron chi connectivity index (χ4n) is 2.07. The minimum Gasteiger partial charge on any atom is -0.294 e. The summed E-state index contributed by atoms with van der Waals surface area (Å²) in [6, 6.07) is 1.70. The Kier molecular flexibility index (Phi) is 3.65. The third-order valence-electron chi connectivity index (χ3n) is 3.33. The summed E-state index contributed by atoms with van der Waals surface area (Å²) in [5.41, 5.74) is 1.65. The molecule has 20 heavy (non-hydrogen) atoms. The second-order valence-electron chi connectivity index (χ2n) is 4.60. The molecule has 1 aromatic heterocycles. The summed E-state index contributed by atoms with van der Waals surface area (Å²) >= 11 is 0. The lowest BCUT2D eigenvalue weighted by molar-refractivity contribution is 0.0987. The van der Waals surface area contributed by atoms with E-state index in [1.165, 1.54) is 0 Å². The van der Waals surface area contributed by atoms with Gasteiger partial charge in [0, 0.05) is 24.7 Å². The highest BCUT2D eigenvalue weighted by Gasteiger charge is 2.21. The van der Waals surface area contributed by atoms with Crippen LogP contribution < -0.4 is 0 Å². The minimum atomic E-state index is -1.63. The van der Waals surface area contributed by atoms with Crippen LogP contribution in [0, 0.1) is 31.3 Å². The van der Waals surface area contributed by atoms with Gasteiger partial charge in [0.1, 0.15) is 0 Å². The van der Waals surface area contributed by atoms with Crippen molar-refractivity contribution in [3.63, 3.8) is 0 Å². The first-order valence-corrected chi connectivity index (χ1v) is 5.98. The van der Waals surface area contributed by atoms with Crippen LogP contribution in [0.2, 0.25) is 0 Å². The molecule has 0 aliphatic rings. The maximum atomic E-state index is 13.6. The standard InChI is InChI=1S/C14H13F3N2O/c1-7-10(8(2)19(3)18-7)6-12(20)9-4-5-11(15)14(17)13(9)16/h4-5H,6H2,1-3H3. The zero-order valence-electron chi connectivity index (χ0n) is 11.3. The largest absolute Gasteiger partial charge is 0.294 e. The second-order valence-corrected chi connectivity index (χ2v) is 4.60. The average molecular weight is 282 g/mol. The van der Waals surface area contributed by atoms with Crippen LogP contribution in [0.3, 0.4) is 0 Å². The molecular formula is C14H13F3N2O. The first-order valence-electron chi connectivity index (χ1n) is 5.98. The van der Waals surface area contributed by atoms with Gasteiger partial charge in [0.2, 0.25) is 0 Å². The van der Waals surface area contributed by atoms with Crippen LogP contribution in [-0.4, -0.2) is 15.6 Å². The van der Waals surface area contributed by atoms with Gasteiger partial charge in [0.15, 0.2) is 23.2 Å². The number of nitrogens with zero attached hydrogens (tertiary/aromatic N) is 2. The molecule has 0 aliphatic carbocycles. The van der Waals surface area contributed by atoms with E-state index in [1.54, 1.807) is 25.6 Å². The van der Waals surface area contributed by atoms with Crippen molar-refractivity contribution in [2.24, 2.45) is 7.05 Å². The van der Waals surface area contributed by atoms with E-state index in [9.17, 15) is 18.0 Å². The van der Waals surface area contributed by atoms with Crippen LogP contribution in [0.25, 0.3) is 0 Å². The molecule has 0 bridgehead atoms. The van der Waals surface area contributed by atoms with Crippen molar-refractivity contribution in [3.8, 4) is 0 Å². The van der Waals surface area contributed by atoms with Gasteiger partial charge in [0.05, 0.1) is 11.3 Å². The van der Waals surface area contributed by atoms with E-state index in [2.05, 4.69) is 5.10 Å². The van der Waals surface area contributed by atoms with Crippen LogP contribution in [0.1, 0.15) is 27.3 Å². The number of aryl methyl sites for hydroxylation is 2. The van der Waals surface area contributed by atoms with Crippen molar-refractivity contribution in [2.45, 2.75) is 20.3 Å². The predicted molar refractivity (Wildman–Crippen MR) is 67.0 cm³/mol. The summed E-state index contributed by atoms with van der Waals surface area (Å²) in [4.78, 5) is 12.0. The molecule has 0 atom stereocenters. The highest BCUT2D eigenvalue weighted by molar-refractivity contribution is 5.98. The second kappa shape index (κ2) is 5.11. The molecule has 0 N–H and O–H groups in total. The van der Waals surface area contributed by atoms with Crippen molar-refractivity contribution >= 4 is 5.78 Å². The molecule has 0 radical (unpaired) electrons. The van der Waals surface area contributed by atoms with Crippen LogP contribution >= 0.6 is 0 Å². The lowest BCUT2D eigenvalue weighted by Crippen LogP contribution is -2.10. The third kappa shape index (κ3) is 2.33. The molecule has 0 spiro atoms. The fourth-order valence-corrected chi connectivity index (χ4v) is 2.07. The number of ketones is 1. The Morgan fingerprint density at radius 2 is 1.85 bits per heavy atom. The van der Waals surface area contributed by atoms with E-state index in [0.717, 1.165) is 17.8 Å². The van der Waals surface area contributed by atoms with E-state index in [-0.39, 0.29) is 6.42 Å². The van der Waals surface area contributed by atoms with E-state index < -0.39 is 28.8 Å². The van der Waals surface area contributed by atoms with E-state index in [0.29, 0.717) is 11.3 Å². The topological polar surface area (TPSA) is 34.9 Å². The first kappa shape index (κ1) is 14.3. The average Bonchev–Trinajstić information content (AvgIpc) is 2.62. The summed E-state index contributed by atoms with van der Waals surface area (Å²) in [7, 11) is 1.73. The molecule has 0 amide bonds. The number of rotatable bonds is 3. The Hall–Kier alpha value is -2.11. The number of carbonyl (C=O) groups excluding carboxylic acids is 1. The van der Waals surface area contributed by atoms with Gasteiger partial charge in [-0.2, -0.15) is 5.10 Å². The van der Waals surface area contributed by atoms with Crippen molar-refractivity contribution in [3.05, 3.63) is 52.1 Å². The maximum absolute atomic E-state index is 13.6. The molecule has 0 saturated carbocycles. The molecule has 6 heteroatoms. The minimum absolute atomic E-state index is 0.104. The third-order valence-corrected chi connectivity index (χ3v) is 3.33. The van der Waals surface area contributed by atoms with Crippen LogP contribution in [0.5, 0.6) is 0 Å². The molecule has 1 heterocycles. The lowest BCUT2D eigenvalue weighted by Gasteiger charge is -2.05. The Labute approximate surface area is 114 Å². The number of carbonyl (C=O) groups is 1. The quantitative estimate of drug-likeness (QED) is 0.641. The van der Waals surface area contributed by atoms with Gasteiger partial charge < -0.3 is 0 Å². The van der Waals surface area contributed by atoms with Crippen LogP contribution in [0.15, 0.2) is 12.1 Å². The van der Waals surface area contributed by atoms with Gasteiger partial charge in [0.25, 0.3) is 0 Å². The Balaban J connectivity index is 2.36. The highest BCUT2D eigenvalue weighted by atomic mass is 19.2. The Bertz CT molecular complexity index is 692. The number of hydrogen-bond acceptors (Lipinski definition) is 2.